The molecule has 0 aliphatic heterocycles. The summed E-state index contributed by atoms with van der Waals surface area (Å²) in [6.07, 6.45) is 14.3. The molecule has 0 N–H and O–H groups in total. The van der Waals surface area contributed by atoms with Gasteiger partial charge < -0.3 is 0 Å². The molecule has 0 spiro atoms. The first-order valence-electron chi connectivity index (χ1n) is 5.76. The van der Waals surface area contributed by atoms with Crippen molar-refractivity contribution in [3.8, 4) is 0 Å². The van der Waals surface area contributed by atoms with Crippen molar-refractivity contribution in [3.63, 3.8) is 0 Å². The SMILES string of the molecule is CCCCCCCCC/C=C/S(C)=O. The minimum absolute atomic E-state index is 0.758. The van der Waals surface area contributed by atoms with Crippen LogP contribution >= 0.6 is 0 Å². The van der Waals surface area contributed by atoms with E-state index < -0.39 is 10.8 Å². The Morgan fingerprint density at radius 1 is 1.00 bits per heavy atom. The van der Waals surface area contributed by atoms with Crippen LogP contribution in [-0.4, -0.2) is 10.5 Å². The van der Waals surface area contributed by atoms with Crippen LogP contribution in [0.1, 0.15) is 58.3 Å². The van der Waals surface area contributed by atoms with Crippen molar-refractivity contribution in [1.82, 2.24) is 0 Å². The highest BCUT2D eigenvalue weighted by Gasteiger charge is 1.89. The molecule has 1 atom stereocenters. The van der Waals surface area contributed by atoms with Crippen molar-refractivity contribution < 1.29 is 4.21 Å². The summed E-state index contributed by atoms with van der Waals surface area (Å²) in [6.45, 7) is 2.25. The van der Waals surface area contributed by atoms with Crippen molar-refractivity contribution in [2.24, 2.45) is 0 Å². The Bertz CT molecular complexity index is 164. The summed E-state index contributed by atoms with van der Waals surface area (Å²) in [6, 6.07) is 0. The molecule has 0 aliphatic rings. The molecule has 0 radical (unpaired) electrons. The second-order valence-corrected chi connectivity index (χ2v) is 5.05. The first kappa shape index (κ1) is 13.9. The molecule has 0 rings (SSSR count). The molecular formula is C12H24OS. The van der Waals surface area contributed by atoms with Gasteiger partial charge in [-0.1, -0.05) is 51.5 Å². The van der Waals surface area contributed by atoms with Gasteiger partial charge in [0.25, 0.3) is 0 Å². The number of rotatable bonds is 9. The maximum atomic E-state index is 10.7. The van der Waals surface area contributed by atoms with Gasteiger partial charge in [0.05, 0.1) is 0 Å². The van der Waals surface area contributed by atoms with Gasteiger partial charge in [0.15, 0.2) is 0 Å². The van der Waals surface area contributed by atoms with Crippen molar-refractivity contribution in [1.29, 1.82) is 0 Å². The maximum Gasteiger partial charge on any atom is 0.0421 e. The molecule has 0 fully saturated rings. The van der Waals surface area contributed by atoms with Crippen LogP contribution in [0, 0.1) is 0 Å². The van der Waals surface area contributed by atoms with Gasteiger partial charge in [0.2, 0.25) is 0 Å². The molecule has 2 heteroatoms. The number of hydrogen-bond donors (Lipinski definition) is 0. The Hall–Kier alpha value is -0.110. The van der Waals surface area contributed by atoms with Crippen LogP contribution in [0.5, 0.6) is 0 Å². The van der Waals surface area contributed by atoms with Gasteiger partial charge >= 0.3 is 0 Å². The summed E-state index contributed by atoms with van der Waals surface area (Å²) in [5, 5.41) is 1.79. The molecule has 0 saturated carbocycles. The molecule has 0 aliphatic carbocycles. The summed E-state index contributed by atoms with van der Waals surface area (Å²) < 4.78 is 10.7. The van der Waals surface area contributed by atoms with Crippen molar-refractivity contribution in [3.05, 3.63) is 11.5 Å². The fourth-order valence-corrected chi connectivity index (χ4v) is 1.83. The molecule has 14 heavy (non-hydrogen) atoms. The highest BCUT2D eigenvalue weighted by molar-refractivity contribution is 7.87. The van der Waals surface area contributed by atoms with Crippen LogP contribution in [0.15, 0.2) is 11.5 Å². The van der Waals surface area contributed by atoms with Gasteiger partial charge in [-0.25, -0.2) is 0 Å². The largest absolute Gasteiger partial charge is 0.255 e. The smallest absolute Gasteiger partial charge is 0.0421 e. The lowest BCUT2D eigenvalue weighted by molar-refractivity contribution is 0.592. The molecule has 0 bridgehead atoms. The highest BCUT2D eigenvalue weighted by atomic mass is 32.2. The lowest BCUT2D eigenvalue weighted by atomic mass is 10.1. The van der Waals surface area contributed by atoms with E-state index >= 15 is 0 Å². The molecular weight excluding hydrogens is 192 g/mol. The summed E-state index contributed by atoms with van der Waals surface area (Å²) in [4.78, 5) is 0. The fraction of sp³-hybridized carbons (Fsp3) is 0.833. The van der Waals surface area contributed by atoms with E-state index in [2.05, 4.69) is 6.92 Å². The highest BCUT2D eigenvalue weighted by Crippen LogP contribution is 2.08. The van der Waals surface area contributed by atoms with Crippen LogP contribution in [-0.2, 0) is 10.8 Å². The quantitative estimate of drug-likeness (QED) is 0.532. The minimum Gasteiger partial charge on any atom is -0.255 e. The van der Waals surface area contributed by atoms with Gasteiger partial charge in [-0.2, -0.15) is 0 Å². The average molecular weight is 216 g/mol. The molecule has 84 valence electrons. The summed E-state index contributed by atoms with van der Waals surface area (Å²) in [5.74, 6) is 0. The molecule has 0 aromatic rings. The molecule has 0 saturated heterocycles. The standard InChI is InChI=1S/C12H24OS/c1-3-4-5-6-7-8-9-10-11-12-14(2)13/h11-12H,3-10H2,1-2H3/b12-11+. The van der Waals surface area contributed by atoms with Crippen molar-refractivity contribution in [2.45, 2.75) is 58.3 Å². The Balaban J connectivity index is 3.02. The van der Waals surface area contributed by atoms with E-state index in [-0.39, 0.29) is 0 Å². The van der Waals surface area contributed by atoms with E-state index in [1.807, 2.05) is 6.08 Å². The first-order valence-corrected chi connectivity index (χ1v) is 7.38. The predicted octanol–water partition coefficient (Wildman–Crippen LogP) is 4.02. The zero-order chi connectivity index (χ0) is 10.6. The Kier molecular flexibility index (Phi) is 10.9. The lowest BCUT2D eigenvalue weighted by Gasteiger charge is -1.98. The predicted molar refractivity (Wildman–Crippen MR) is 65.8 cm³/mol. The topological polar surface area (TPSA) is 17.1 Å². The lowest BCUT2D eigenvalue weighted by Crippen LogP contribution is -1.79. The third-order valence-electron chi connectivity index (χ3n) is 2.26. The maximum absolute atomic E-state index is 10.7. The van der Waals surface area contributed by atoms with Gasteiger partial charge in [-0.3, -0.25) is 4.21 Å². The zero-order valence-electron chi connectivity index (χ0n) is 9.63. The Morgan fingerprint density at radius 3 is 2.14 bits per heavy atom. The number of hydrogen-bond acceptors (Lipinski definition) is 1. The molecule has 1 unspecified atom stereocenters. The third kappa shape index (κ3) is 11.9. The van der Waals surface area contributed by atoms with E-state index in [0.29, 0.717) is 0 Å². The van der Waals surface area contributed by atoms with E-state index in [4.69, 9.17) is 0 Å². The molecule has 0 heterocycles. The summed E-state index contributed by atoms with van der Waals surface area (Å²) >= 11 is 0. The van der Waals surface area contributed by atoms with E-state index in [9.17, 15) is 4.21 Å². The first-order chi connectivity index (χ1) is 6.77. The van der Waals surface area contributed by atoms with E-state index in [1.165, 1.54) is 44.9 Å². The van der Waals surface area contributed by atoms with Gasteiger partial charge in [-0.15, -0.1) is 0 Å². The van der Waals surface area contributed by atoms with Gasteiger partial charge in [0, 0.05) is 17.1 Å². The Morgan fingerprint density at radius 2 is 1.57 bits per heavy atom. The minimum atomic E-state index is -0.758. The number of unbranched alkanes of at least 4 members (excludes halogenated alkanes) is 7. The molecule has 1 nitrogen and oxygen atoms in total. The molecule has 0 amide bonds. The van der Waals surface area contributed by atoms with Crippen LogP contribution in [0.4, 0.5) is 0 Å². The van der Waals surface area contributed by atoms with Crippen LogP contribution in [0.3, 0.4) is 0 Å². The second-order valence-electron chi connectivity index (χ2n) is 3.78. The van der Waals surface area contributed by atoms with Gasteiger partial charge in [-0.05, 0) is 18.2 Å². The molecule has 0 aromatic heterocycles. The van der Waals surface area contributed by atoms with Crippen LogP contribution < -0.4 is 0 Å². The normalized spacial score (nSPS) is 13.6. The summed E-state index contributed by atoms with van der Waals surface area (Å²) in [5.41, 5.74) is 0. The third-order valence-corrected chi connectivity index (χ3v) is 2.84. The molecule has 0 aromatic carbocycles. The van der Waals surface area contributed by atoms with Crippen molar-refractivity contribution >= 4 is 10.8 Å². The average Bonchev–Trinajstić information content (AvgIpc) is 2.15. The second kappa shape index (κ2) is 11.0. The zero-order valence-corrected chi connectivity index (χ0v) is 10.4. The van der Waals surface area contributed by atoms with Crippen LogP contribution in [0.25, 0.3) is 0 Å². The fourth-order valence-electron chi connectivity index (χ4n) is 1.42. The number of allylic oxidation sites excluding steroid dienone is 1. The van der Waals surface area contributed by atoms with E-state index in [0.717, 1.165) is 6.42 Å². The Labute approximate surface area is 91.4 Å². The van der Waals surface area contributed by atoms with Crippen LogP contribution in [0.2, 0.25) is 0 Å². The van der Waals surface area contributed by atoms with E-state index in [1.54, 1.807) is 11.7 Å². The van der Waals surface area contributed by atoms with Crippen molar-refractivity contribution in [2.75, 3.05) is 6.26 Å². The van der Waals surface area contributed by atoms with Gasteiger partial charge in [0.1, 0.15) is 0 Å². The monoisotopic (exact) mass is 216 g/mol. The summed E-state index contributed by atoms with van der Waals surface area (Å²) in [7, 11) is -0.758.